The van der Waals surface area contributed by atoms with E-state index in [0.717, 1.165) is 16.6 Å². The van der Waals surface area contributed by atoms with E-state index in [9.17, 15) is 13.2 Å². The van der Waals surface area contributed by atoms with Crippen molar-refractivity contribution >= 4 is 21.6 Å². The first-order chi connectivity index (χ1) is 9.65. The van der Waals surface area contributed by atoms with Gasteiger partial charge in [-0.05, 0) is 51.1 Å². The van der Waals surface area contributed by atoms with E-state index in [1.54, 1.807) is 26.0 Å². The van der Waals surface area contributed by atoms with Gasteiger partial charge in [0.05, 0.1) is 0 Å². The minimum atomic E-state index is -4.23. The highest BCUT2D eigenvalue weighted by atomic mass is 79.9. The van der Waals surface area contributed by atoms with Crippen LogP contribution >= 0.6 is 15.9 Å². The Balaban J connectivity index is 3.24. The molecular formula is C15H22BrF3N2. The van der Waals surface area contributed by atoms with Crippen LogP contribution in [0, 0.1) is 0 Å². The van der Waals surface area contributed by atoms with Gasteiger partial charge in [0.15, 0.2) is 0 Å². The second-order valence-corrected chi connectivity index (χ2v) is 6.24. The molecule has 0 radical (unpaired) electrons. The zero-order valence-electron chi connectivity index (χ0n) is 12.8. The van der Waals surface area contributed by atoms with Crippen molar-refractivity contribution in [2.45, 2.75) is 46.0 Å². The van der Waals surface area contributed by atoms with Crippen LogP contribution in [0.1, 0.15) is 39.3 Å². The molecule has 0 aliphatic carbocycles. The Morgan fingerprint density at radius 3 is 2.33 bits per heavy atom. The van der Waals surface area contributed by atoms with E-state index in [0.29, 0.717) is 5.69 Å². The number of nitrogens with one attached hydrogen (secondary N) is 1. The minimum absolute atomic E-state index is 0.0167. The summed E-state index contributed by atoms with van der Waals surface area (Å²) in [6.07, 6.45) is -4.23. The van der Waals surface area contributed by atoms with E-state index in [2.05, 4.69) is 21.2 Å². The van der Waals surface area contributed by atoms with Crippen LogP contribution in [-0.2, 0) is 0 Å². The number of rotatable bonds is 6. The number of alkyl halides is 3. The fraction of sp³-hybridized carbons (Fsp3) is 0.600. The molecule has 0 saturated heterocycles. The maximum absolute atomic E-state index is 12.8. The summed E-state index contributed by atoms with van der Waals surface area (Å²) in [5.74, 6) is 0. The van der Waals surface area contributed by atoms with Gasteiger partial charge in [-0.3, -0.25) is 0 Å². The van der Waals surface area contributed by atoms with Crippen molar-refractivity contribution in [1.29, 1.82) is 0 Å². The highest BCUT2D eigenvalue weighted by molar-refractivity contribution is 9.10. The molecule has 0 amide bonds. The Morgan fingerprint density at radius 1 is 1.24 bits per heavy atom. The van der Waals surface area contributed by atoms with Gasteiger partial charge in [-0.1, -0.05) is 22.9 Å². The van der Waals surface area contributed by atoms with Crippen molar-refractivity contribution in [2.75, 3.05) is 18.0 Å². The Kier molecular flexibility index (Phi) is 6.53. The standard InChI is InChI=1S/C15H22BrF3N2/c1-5-20-11(4)13-8-12(16)6-7-14(13)21(10(2)3)9-15(17,18)19/h6-8,10-11,20H,5,9H2,1-4H3. The van der Waals surface area contributed by atoms with Gasteiger partial charge in [0.25, 0.3) is 0 Å². The van der Waals surface area contributed by atoms with Crippen LogP contribution in [0.2, 0.25) is 0 Å². The molecule has 1 unspecified atom stereocenters. The summed E-state index contributed by atoms with van der Waals surface area (Å²) in [6.45, 7) is 7.29. The summed E-state index contributed by atoms with van der Waals surface area (Å²) in [7, 11) is 0. The molecule has 1 atom stereocenters. The first-order valence-electron chi connectivity index (χ1n) is 7.02. The molecule has 0 saturated carbocycles. The highest BCUT2D eigenvalue weighted by Gasteiger charge is 2.33. The first-order valence-corrected chi connectivity index (χ1v) is 7.81. The zero-order valence-corrected chi connectivity index (χ0v) is 14.3. The SMILES string of the molecule is CCNC(C)c1cc(Br)ccc1N(CC(F)(F)F)C(C)C. The fourth-order valence-corrected chi connectivity index (χ4v) is 2.67. The summed E-state index contributed by atoms with van der Waals surface area (Å²) in [5.41, 5.74) is 1.49. The Morgan fingerprint density at radius 2 is 1.86 bits per heavy atom. The van der Waals surface area contributed by atoms with Crippen LogP contribution in [0.4, 0.5) is 18.9 Å². The zero-order chi connectivity index (χ0) is 16.2. The van der Waals surface area contributed by atoms with Gasteiger partial charge in [0, 0.05) is 22.2 Å². The normalized spacial score (nSPS) is 13.6. The molecule has 1 aromatic carbocycles. The van der Waals surface area contributed by atoms with Crippen molar-refractivity contribution in [3.63, 3.8) is 0 Å². The van der Waals surface area contributed by atoms with Gasteiger partial charge in [-0.2, -0.15) is 13.2 Å². The molecule has 0 spiro atoms. The predicted molar refractivity (Wildman–Crippen MR) is 84.8 cm³/mol. The van der Waals surface area contributed by atoms with E-state index < -0.39 is 12.7 Å². The van der Waals surface area contributed by atoms with Gasteiger partial charge in [-0.15, -0.1) is 0 Å². The van der Waals surface area contributed by atoms with Crippen molar-refractivity contribution in [1.82, 2.24) is 5.32 Å². The number of halogens is 4. The Hall–Kier alpha value is -0.750. The van der Waals surface area contributed by atoms with Crippen molar-refractivity contribution in [2.24, 2.45) is 0 Å². The van der Waals surface area contributed by atoms with E-state index >= 15 is 0 Å². The van der Waals surface area contributed by atoms with Crippen molar-refractivity contribution in [3.8, 4) is 0 Å². The van der Waals surface area contributed by atoms with E-state index in [1.165, 1.54) is 4.90 Å². The smallest absolute Gasteiger partial charge is 0.360 e. The first kappa shape index (κ1) is 18.3. The lowest BCUT2D eigenvalue weighted by Crippen LogP contribution is -2.40. The molecule has 0 fully saturated rings. The number of anilines is 1. The molecule has 1 N–H and O–H groups in total. The average Bonchev–Trinajstić information content (AvgIpc) is 2.35. The molecular weight excluding hydrogens is 345 g/mol. The Labute approximate surface area is 132 Å². The highest BCUT2D eigenvalue weighted by Crippen LogP contribution is 2.32. The molecule has 6 heteroatoms. The van der Waals surface area contributed by atoms with Gasteiger partial charge < -0.3 is 10.2 Å². The lowest BCUT2D eigenvalue weighted by atomic mass is 10.0. The van der Waals surface area contributed by atoms with Crippen LogP contribution < -0.4 is 10.2 Å². The molecule has 21 heavy (non-hydrogen) atoms. The molecule has 1 rings (SSSR count). The molecule has 0 aromatic heterocycles. The Bertz CT molecular complexity index is 461. The van der Waals surface area contributed by atoms with Crippen LogP contribution in [0.5, 0.6) is 0 Å². The van der Waals surface area contributed by atoms with Gasteiger partial charge >= 0.3 is 6.18 Å². The van der Waals surface area contributed by atoms with Crippen LogP contribution in [0.15, 0.2) is 22.7 Å². The van der Waals surface area contributed by atoms with E-state index in [-0.39, 0.29) is 12.1 Å². The summed E-state index contributed by atoms with van der Waals surface area (Å²) < 4.78 is 39.4. The quantitative estimate of drug-likeness (QED) is 0.770. The summed E-state index contributed by atoms with van der Waals surface area (Å²) in [4.78, 5) is 1.40. The van der Waals surface area contributed by atoms with E-state index in [4.69, 9.17) is 0 Å². The fourth-order valence-electron chi connectivity index (χ4n) is 2.29. The number of hydrogen-bond acceptors (Lipinski definition) is 2. The lowest BCUT2D eigenvalue weighted by Gasteiger charge is -2.33. The molecule has 1 aromatic rings. The predicted octanol–water partition coefficient (Wildman–Crippen LogP) is 4.90. The molecule has 0 aliphatic heterocycles. The summed E-state index contributed by atoms with van der Waals surface area (Å²) in [5, 5.41) is 3.26. The maximum atomic E-state index is 12.8. The van der Waals surface area contributed by atoms with Crippen LogP contribution in [0.3, 0.4) is 0 Å². The van der Waals surface area contributed by atoms with E-state index in [1.807, 2.05) is 19.9 Å². The maximum Gasteiger partial charge on any atom is 0.405 e. The summed E-state index contributed by atoms with van der Waals surface area (Å²) >= 11 is 3.39. The average molecular weight is 367 g/mol. The number of hydrogen-bond donors (Lipinski definition) is 1. The van der Waals surface area contributed by atoms with Gasteiger partial charge in [0.1, 0.15) is 6.54 Å². The molecule has 2 nitrogen and oxygen atoms in total. The molecule has 0 bridgehead atoms. The number of benzene rings is 1. The van der Waals surface area contributed by atoms with Crippen LogP contribution in [0.25, 0.3) is 0 Å². The second kappa shape index (κ2) is 7.49. The third kappa shape index (κ3) is 5.51. The lowest BCUT2D eigenvalue weighted by molar-refractivity contribution is -0.120. The number of nitrogens with zero attached hydrogens (tertiary/aromatic N) is 1. The topological polar surface area (TPSA) is 15.3 Å². The monoisotopic (exact) mass is 366 g/mol. The molecule has 0 heterocycles. The van der Waals surface area contributed by atoms with Crippen molar-refractivity contribution in [3.05, 3.63) is 28.2 Å². The largest absolute Gasteiger partial charge is 0.405 e. The summed E-state index contributed by atoms with van der Waals surface area (Å²) in [6, 6.07) is 5.16. The molecule has 0 aliphatic rings. The van der Waals surface area contributed by atoms with Crippen molar-refractivity contribution < 1.29 is 13.2 Å². The van der Waals surface area contributed by atoms with Gasteiger partial charge in [-0.25, -0.2) is 0 Å². The second-order valence-electron chi connectivity index (χ2n) is 5.32. The third-order valence-corrected chi connectivity index (χ3v) is 3.74. The third-order valence-electron chi connectivity index (χ3n) is 3.25. The molecule has 120 valence electrons. The van der Waals surface area contributed by atoms with Gasteiger partial charge in [0.2, 0.25) is 0 Å². The van der Waals surface area contributed by atoms with Crippen LogP contribution in [-0.4, -0.2) is 25.3 Å². The minimum Gasteiger partial charge on any atom is -0.360 e.